The molecular weight excluding hydrogens is 204 g/mol. The molecule has 4 N–H and O–H groups in total. The molecule has 0 aliphatic heterocycles. The minimum Gasteiger partial charge on any atom is -0.403 e. The first-order chi connectivity index (χ1) is 7.69. The Kier molecular flexibility index (Phi) is 4.47. The Morgan fingerprint density at radius 3 is 2.88 bits per heavy atom. The van der Waals surface area contributed by atoms with Gasteiger partial charge in [0.05, 0.1) is 29.4 Å². The van der Waals surface area contributed by atoms with Crippen LogP contribution in [0, 0.1) is 0 Å². The van der Waals surface area contributed by atoms with Crippen LogP contribution in [0.2, 0.25) is 0 Å². The lowest BCUT2D eigenvalue weighted by molar-refractivity contribution is 0.171. The second-order valence-corrected chi connectivity index (χ2v) is 3.21. The fourth-order valence-corrected chi connectivity index (χ4v) is 1.15. The number of rotatable bonds is 4. The highest BCUT2D eigenvalue weighted by atomic mass is 16.5. The second kappa shape index (κ2) is 5.87. The normalized spacial score (nSPS) is 14.9. The summed E-state index contributed by atoms with van der Waals surface area (Å²) in [6.45, 7) is 1.85. The summed E-state index contributed by atoms with van der Waals surface area (Å²) in [6.07, 6.45) is 4.41. The van der Waals surface area contributed by atoms with Crippen molar-refractivity contribution in [3.05, 3.63) is 36.4 Å². The van der Waals surface area contributed by atoms with Gasteiger partial charge in [-0.05, 0) is 19.1 Å². The van der Waals surface area contributed by atoms with Gasteiger partial charge in [-0.15, -0.1) is 0 Å². The number of ether oxygens (including phenoxy) is 1. The zero-order valence-corrected chi connectivity index (χ0v) is 9.42. The summed E-state index contributed by atoms with van der Waals surface area (Å²) >= 11 is 0. The van der Waals surface area contributed by atoms with Crippen LogP contribution in [0.3, 0.4) is 0 Å². The molecule has 1 rings (SSSR count). The maximum absolute atomic E-state index is 5.75. The van der Waals surface area contributed by atoms with Crippen molar-refractivity contribution in [3.8, 4) is 0 Å². The number of methoxy groups -OCH3 is 1. The Labute approximate surface area is 94.8 Å². The number of hydrogen-bond donors (Lipinski definition) is 2. The summed E-state index contributed by atoms with van der Waals surface area (Å²) in [4.78, 5) is 8.32. The molecule has 0 aromatic carbocycles. The van der Waals surface area contributed by atoms with E-state index in [1.807, 2.05) is 13.0 Å². The van der Waals surface area contributed by atoms with Gasteiger partial charge in [-0.3, -0.25) is 4.98 Å². The zero-order chi connectivity index (χ0) is 12.0. The third-order valence-corrected chi connectivity index (χ3v) is 2.11. The molecular formula is C11H16N4O. The molecule has 0 amide bonds. The molecule has 0 saturated carbocycles. The minimum atomic E-state index is -0.222. The molecule has 0 fully saturated rings. The van der Waals surface area contributed by atoms with Crippen LogP contribution >= 0.6 is 0 Å². The summed E-state index contributed by atoms with van der Waals surface area (Å²) < 4.78 is 5.18. The molecule has 0 spiro atoms. The first kappa shape index (κ1) is 12.2. The lowest BCUT2D eigenvalue weighted by Gasteiger charge is -2.13. The van der Waals surface area contributed by atoms with Gasteiger partial charge in [-0.25, -0.2) is 4.99 Å². The van der Waals surface area contributed by atoms with Crippen LogP contribution in [0.25, 0.3) is 0 Å². The molecule has 1 atom stereocenters. The van der Waals surface area contributed by atoms with E-state index in [1.54, 1.807) is 25.6 Å². The third-order valence-electron chi connectivity index (χ3n) is 2.11. The van der Waals surface area contributed by atoms with Crippen LogP contribution in [0.15, 0.2) is 41.4 Å². The van der Waals surface area contributed by atoms with Gasteiger partial charge in [-0.1, -0.05) is 0 Å². The molecule has 0 radical (unpaired) electrons. The number of nitrogens with two attached hydrogens (primary N) is 2. The summed E-state index contributed by atoms with van der Waals surface area (Å²) in [5, 5.41) is 0. The molecule has 5 heteroatoms. The molecule has 1 aromatic heterocycles. The predicted octanol–water partition coefficient (Wildman–Crippen LogP) is 0.948. The Bertz CT molecular complexity index is 386. The lowest BCUT2D eigenvalue weighted by Crippen LogP contribution is -2.26. The van der Waals surface area contributed by atoms with E-state index in [4.69, 9.17) is 16.2 Å². The van der Waals surface area contributed by atoms with Crippen molar-refractivity contribution in [2.45, 2.75) is 13.0 Å². The highest BCUT2D eigenvalue weighted by molar-refractivity contribution is 6.03. The molecule has 16 heavy (non-hydrogen) atoms. The molecule has 1 unspecified atom stereocenters. The summed E-state index contributed by atoms with van der Waals surface area (Å²) in [7, 11) is 1.59. The molecule has 86 valence electrons. The van der Waals surface area contributed by atoms with E-state index in [0.29, 0.717) is 17.1 Å². The Morgan fingerprint density at radius 2 is 2.38 bits per heavy atom. The highest BCUT2D eigenvalue weighted by Crippen LogP contribution is 2.12. The summed E-state index contributed by atoms with van der Waals surface area (Å²) in [6, 6.07) is 3.63. The van der Waals surface area contributed by atoms with E-state index in [0.717, 1.165) is 0 Å². The van der Waals surface area contributed by atoms with Gasteiger partial charge < -0.3 is 16.2 Å². The van der Waals surface area contributed by atoms with Crippen LogP contribution in [-0.2, 0) is 4.74 Å². The first-order valence-electron chi connectivity index (χ1n) is 4.88. The Balaban J connectivity index is 3.07. The molecule has 1 aromatic rings. The number of hydrogen-bond acceptors (Lipinski definition) is 5. The van der Waals surface area contributed by atoms with E-state index >= 15 is 0 Å². The number of aromatic nitrogens is 1. The van der Waals surface area contributed by atoms with Crippen molar-refractivity contribution in [2.24, 2.45) is 16.5 Å². The highest BCUT2D eigenvalue weighted by Gasteiger charge is 2.12. The predicted molar refractivity (Wildman–Crippen MR) is 64.3 cm³/mol. The third kappa shape index (κ3) is 3.06. The zero-order valence-electron chi connectivity index (χ0n) is 9.42. The van der Waals surface area contributed by atoms with E-state index in [9.17, 15) is 0 Å². The van der Waals surface area contributed by atoms with E-state index in [-0.39, 0.29) is 6.10 Å². The van der Waals surface area contributed by atoms with Gasteiger partial charge >= 0.3 is 0 Å². The fourth-order valence-electron chi connectivity index (χ4n) is 1.15. The van der Waals surface area contributed by atoms with Crippen molar-refractivity contribution in [2.75, 3.05) is 7.11 Å². The van der Waals surface area contributed by atoms with Crippen molar-refractivity contribution in [1.82, 2.24) is 4.98 Å². The maximum Gasteiger partial charge on any atom is 0.0984 e. The Morgan fingerprint density at radius 1 is 1.62 bits per heavy atom. The largest absolute Gasteiger partial charge is 0.403 e. The van der Waals surface area contributed by atoms with Gasteiger partial charge in [0.2, 0.25) is 0 Å². The van der Waals surface area contributed by atoms with Crippen LogP contribution in [0.1, 0.15) is 6.92 Å². The molecule has 0 bridgehead atoms. The van der Waals surface area contributed by atoms with Crippen molar-refractivity contribution >= 4 is 11.4 Å². The average Bonchev–Trinajstić information content (AvgIpc) is 2.35. The van der Waals surface area contributed by atoms with Crippen molar-refractivity contribution < 1.29 is 4.74 Å². The standard InChI is InChI=1S/C11H16N4O/c1-8(16-2)11(10(13)6-12)15-9-4-3-5-14-7-9/h3-8H,12-13H2,1-2H3. The fraction of sp³-hybridized carbons (Fsp3) is 0.273. The topological polar surface area (TPSA) is 86.5 Å². The lowest BCUT2D eigenvalue weighted by atomic mass is 10.2. The molecule has 0 aliphatic carbocycles. The van der Waals surface area contributed by atoms with Gasteiger partial charge in [0.25, 0.3) is 0 Å². The van der Waals surface area contributed by atoms with E-state index < -0.39 is 0 Å². The minimum absolute atomic E-state index is 0.222. The van der Waals surface area contributed by atoms with Crippen molar-refractivity contribution in [1.29, 1.82) is 0 Å². The molecule has 1 heterocycles. The van der Waals surface area contributed by atoms with Crippen LogP contribution in [0.4, 0.5) is 5.69 Å². The average molecular weight is 220 g/mol. The Hall–Kier alpha value is -1.88. The van der Waals surface area contributed by atoms with Gasteiger partial charge in [0.15, 0.2) is 0 Å². The van der Waals surface area contributed by atoms with Gasteiger partial charge in [0.1, 0.15) is 0 Å². The number of aliphatic imine (C=N–C) groups is 1. The molecule has 0 saturated heterocycles. The van der Waals surface area contributed by atoms with Gasteiger partial charge in [0, 0.05) is 19.5 Å². The van der Waals surface area contributed by atoms with Crippen molar-refractivity contribution in [3.63, 3.8) is 0 Å². The second-order valence-electron chi connectivity index (χ2n) is 3.21. The number of nitrogens with zero attached hydrogens (tertiary/aromatic N) is 2. The molecule has 0 aliphatic rings. The monoisotopic (exact) mass is 220 g/mol. The molecule has 5 nitrogen and oxygen atoms in total. The van der Waals surface area contributed by atoms with E-state index in [2.05, 4.69) is 9.98 Å². The van der Waals surface area contributed by atoms with E-state index in [1.165, 1.54) is 6.20 Å². The smallest absolute Gasteiger partial charge is 0.0984 e. The summed E-state index contributed by atoms with van der Waals surface area (Å²) in [5.41, 5.74) is 12.8. The van der Waals surface area contributed by atoms with Gasteiger partial charge in [-0.2, -0.15) is 0 Å². The van der Waals surface area contributed by atoms with Crippen LogP contribution in [-0.4, -0.2) is 23.9 Å². The maximum atomic E-state index is 5.75. The SMILES string of the molecule is COC(C)C(=Nc1cccnc1)C(N)=CN. The number of pyridine rings is 1. The quantitative estimate of drug-likeness (QED) is 0.739. The van der Waals surface area contributed by atoms with Crippen LogP contribution in [0.5, 0.6) is 0 Å². The first-order valence-corrected chi connectivity index (χ1v) is 4.88. The van der Waals surface area contributed by atoms with Crippen LogP contribution < -0.4 is 11.5 Å². The summed E-state index contributed by atoms with van der Waals surface area (Å²) in [5.74, 6) is 0.